The molecule has 6 nitrogen and oxygen atoms in total. The Morgan fingerprint density at radius 2 is 2.08 bits per heavy atom. The highest BCUT2D eigenvalue weighted by atomic mass is 15.3. The van der Waals surface area contributed by atoms with Crippen molar-refractivity contribution in [3.05, 3.63) is 54.0 Å². The van der Waals surface area contributed by atoms with Gasteiger partial charge in [-0.25, -0.2) is 0 Å². The zero-order chi connectivity index (χ0) is 18.1. The van der Waals surface area contributed by atoms with Gasteiger partial charge in [-0.15, -0.1) is 0 Å². The Balaban J connectivity index is 1.45. The summed E-state index contributed by atoms with van der Waals surface area (Å²) in [4.78, 5) is 2.40. The normalized spacial score (nSPS) is 17.2. The summed E-state index contributed by atoms with van der Waals surface area (Å²) in [6, 6.07) is 9.25. The van der Waals surface area contributed by atoms with E-state index in [-0.39, 0.29) is 0 Å². The number of aryl methyl sites for hydroxylation is 3. The second-order valence-corrected chi connectivity index (χ2v) is 7.19. The van der Waals surface area contributed by atoms with Gasteiger partial charge in [-0.05, 0) is 31.0 Å². The van der Waals surface area contributed by atoms with E-state index in [2.05, 4.69) is 57.8 Å². The van der Waals surface area contributed by atoms with E-state index in [1.54, 1.807) is 0 Å². The maximum absolute atomic E-state index is 4.33. The molecular weight excluding hydrogens is 324 g/mol. The van der Waals surface area contributed by atoms with Crippen molar-refractivity contribution in [2.24, 2.45) is 14.1 Å². The average Bonchev–Trinajstić information content (AvgIpc) is 3.34. The van der Waals surface area contributed by atoms with Crippen LogP contribution in [0.4, 0.5) is 5.69 Å². The Kier molecular flexibility index (Phi) is 4.51. The van der Waals surface area contributed by atoms with Crippen molar-refractivity contribution in [1.29, 1.82) is 0 Å². The van der Waals surface area contributed by atoms with Crippen LogP contribution in [0.15, 0.2) is 42.9 Å². The predicted molar refractivity (Wildman–Crippen MR) is 104 cm³/mol. The molecule has 4 rings (SSSR count). The Labute approximate surface area is 154 Å². The molecule has 1 unspecified atom stereocenters. The van der Waals surface area contributed by atoms with Gasteiger partial charge >= 0.3 is 0 Å². The Bertz CT molecular complexity index is 893. The number of anilines is 1. The average molecular weight is 350 g/mol. The number of hydrogen-bond acceptors (Lipinski definition) is 4. The number of benzene rings is 1. The number of nitrogens with one attached hydrogen (secondary N) is 1. The minimum absolute atomic E-state index is 0.496. The van der Waals surface area contributed by atoms with Crippen LogP contribution >= 0.6 is 0 Å². The van der Waals surface area contributed by atoms with E-state index in [0.29, 0.717) is 6.04 Å². The zero-order valence-electron chi connectivity index (χ0n) is 15.7. The molecule has 26 heavy (non-hydrogen) atoms. The number of nitrogens with zero attached hydrogens (tertiary/aromatic N) is 5. The fraction of sp³-hybridized carbons (Fsp3) is 0.400. The molecule has 6 heteroatoms. The lowest BCUT2D eigenvalue weighted by molar-refractivity contribution is 0.551. The molecule has 2 aromatic heterocycles. The van der Waals surface area contributed by atoms with Crippen molar-refractivity contribution >= 4 is 5.69 Å². The van der Waals surface area contributed by atoms with Crippen LogP contribution in [0.5, 0.6) is 0 Å². The van der Waals surface area contributed by atoms with Crippen LogP contribution in [-0.2, 0) is 20.6 Å². The fourth-order valence-corrected chi connectivity index (χ4v) is 3.71. The van der Waals surface area contributed by atoms with Crippen LogP contribution in [0.25, 0.3) is 11.3 Å². The Hall–Kier alpha value is -2.60. The SMILES string of the molecule is Cc1ccc(CNC2CCN(c3cnn(C)c3)C2)c(-c2ccnn2C)c1. The maximum Gasteiger partial charge on any atom is 0.0752 e. The van der Waals surface area contributed by atoms with Gasteiger partial charge < -0.3 is 10.2 Å². The standard InChI is InChI=1S/C20H26N6/c1-15-4-5-16(19(10-15)20-6-8-22-25(20)3)11-21-17-7-9-26(13-17)18-12-23-24(2)14-18/h4-6,8,10,12,14,17,21H,7,9,11,13H2,1-3H3. The highest BCUT2D eigenvalue weighted by Crippen LogP contribution is 2.25. The van der Waals surface area contributed by atoms with E-state index < -0.39 is 0 Å². The molecule has 1 saturated heterocycles. The lowest BCUT2D eigenvalue weighted by atomic mass is 10.0. The van der Waals surface area contributed by atoms with Gasteiger partial charge in [-0.1, -0.05) is 17.7 Å². The van der Waals surface area contributed by atoms with Gasteiger partial charge in [-0.3, -0.25) is 9.36 Å². The monoisotopic (exact) mass is 350 g/mol. The maximum atomic E-state index is 4.33. The first kappa shape index (κ1) is 16.8. The molecule has 1 atom stereocenters. The first-order valence-electron chi connectivity index (χ1n) is 9.15. The minimum Gasteiger partial charge on any atom is -0.367 e. The van der Waals surface area contributed by atoms with Crippen LogP contribution < -0.4 is 10.2 Å². The van der Waals surface area contributed by atoms with E-state index in [0.717, 1.165) is 31.7 Å². The molecule has 3 heterocycles. The van der Waals surface area contributed by atoms with Crippen molar-refractivity contribution < 1.29 is 0 Å². The topological polar surface area (TPSA) is 50.9 Å². The van der Waals surface area contributed by atoms with Crippen LogP contribution in [0, 0.1) is 6.92 Å². The van der Waals surface area contributed by atoms with Gasteiger partial charge in [0.15, 0.2) is 0 Å². The van der Waals surface area contributed by atoms with Crippen molar-refractivity contribution in [3.63, 3.8) is 0 Å². The summed E-state index contributed by atoms with van der Waals surface area (Å²) in [5.74, 6) is 0. The van der Waals surface area contributed by atoms with Crippen LogP contribution in [0.3, 0.4) is 0 Å². The Morgan fingerprint density at radius 3 is 2.81 bits per heavy atom. The highest BCUT2D eigenvalue weighted by Gasteiger charge is 2.23. The van der Waals surface area contributed by atoms with Crippen molar-refractivity contribution in [3.8, 4) is 11.3 Å². The molecule has 3 aromatic rings. The summed E-state index contributed by atoms with van der Waals surface area (Å²) in [5.41, 5.74) is 6.23. The van der Waals surface area contributed by atoms with Crippen molar-refractivity contribution in [2.45, 2.75) is 25.9 Å². The number of aromatic nitrogens is 4. The fourth-order valence-electron chi connectivity index (χ4n) is 3.71. The van der Waals surface area contributed by atoms with Gasteiger partial charge in [0.05, 0.1) is 17.6 Å². The lowest BCUT2D eigenvalue weighted by Crippen LogP contribution is -2.32. The number of hydrogen-bond donors (Lipinski definition) is 1. The smallest absolute Gasteiger partial charge is 0.0752 e. The largest absolute Gasteiger partial charge is 0.367 e. The molecule has 1 fully saturated rings. The van der Waals surface area contributed by atoms with E-state index >= 15 is 0 Å². The van der Waals surface area contributed by atoms with Gasteiger partial charge in [0.1, 0.15) is 0 Å². The van der Waals surface area contributed by atoms with Gasteiger partial charge in [-0.2, -0.15) is 10.2 Å². The minimum atomic E-state index is 0.496. The van der Waals surface area contributed by atoms with Crippen molar-refractivity contribution in [1.82, 2.24) is 24.9 Å². The van der Waals surface area contributed by atoms with Crippen LogP contribution in [-0.4, -0.2) is 38.7 Å². The molecule has 1 aromatic carbocycles. The molecule has 1 N–H and O–H groups in total. The first-order valence-corrected chi connectivity index (χ1v) is 9.15. The summed E-state index contributed by atoms with van der Waals surface area (Å²) in [5, 5.41) is 12.4. The third kappa shape index (κ3) is 3.37. The molecule has 0 saturated carbocycles. The molecule has 1 aliphatic heterocycles. The van der Waals surface area contributed by atoms with E-state index in [1.165, 1.54) is 22.4 Å². The van der Waals surface area contributed by atoms with Crippen LogP contribution in [0.2, 0.25) is 0 Å². The third-order valence-corrected chi connectivity index (χ3v) is 5.19. The van der Waals surface area contributed by atoms with Gasteiger partial charge in [0.2, 0.25) is 0 Å². The second kappa shape index (κ2) is 6.96. The van der Waals surface area contributed by atoms with Crippen molar-refractivity contribution in [2.75, 3.05) is 18.0 Å². The van der Waals surface area contributed by atoms with E-state index in [9.17, 15) is 0 Å². The second-order valence-electron chi connectivity index (χ2n) is 7.19. The van der Waals surface area contributed by atoms with Crippen LogP contribution in [0.1, 0.15) is 17.5 Å². The summed E-state index contributed by atoms with van der Waals surface area (Å²) in [6.07, 6.45) is 7.05. The first-order chi connectivity index (χ1) is 12.6. The van der Waals surface area contributed by atoms with Gasteiger partial charge in [0.25, 0.3) is 0 Å². The van der Waals surface area contributed by atoms with E-state index in [1.807, 2.05) is 35.9 Å². The molecular formula is C20H26N6. The molecule has 0 radical (unpaired) electrons. The van der Waals surface area contributed by atoms with Gasteiger partial charge in [0, 0.05) is 57.7 Å². The molecule has 0 spiro atoms. The quantitative estimate of drug-likeness (QED) is 0.768. The summed E-state index contributed by atoms with van der Waals surface area (Å²) in [6.45, 7) is 5.11. The Morgan fingerprint density at radius 1 is 1.19 bits per heavy atom. The molecule has 1 aliphatic rings. The lowest BCUT2D eigenvalue weighted by Gasteiger charge is -2.18. The molecule has 136 valence electrons. The summed E-state index contributed by atoms with van der Waals surface area (Å²) >= 11 is 0. The number of rotatable bonds is 5. The molecule has 0 amide bonds. The highest BCUT2D eigenvalue weighted by molar-refractivity contribution is 5.64. The predicted octanol–water partition coefficient (Wildman–Crippen LogP) is 2.50. The third-order valence-electron chi connectivity index (χ3n) is 5.19. The molecule has 0 bridgehead atoms. The summed E-state index contributed by atoms with van der Waals surface area (Å²) in [7, 11) is 3.96. The molecule has 0 aliphatic carbocycles. The van der Waals surface area contributed by atoms with E-state index in [4.69, 9.17) is 0 Å². The summed E-state index contributed by atoms with van der Waals surface area (Å²) < 4.78 is 3.81. The zero-order valence-corrected chi connectivity index (χ0v) is 15.7.